The molecule has 5 rings (SSSR count). The molecule has 2 aliphatic rings. The summed E-state index contributed by atoms with van der Waals surface area (Å²) in [6.07, 6.45) is 0.568. The number of ether oxygens (including phenoxy) is 1. The molecule has 1 aliphatic heterocycles. The lowest BCUT2D eigenvalue weighted by Crippen LogP contribution is -2.27. The van der Waals surface area contributed by atoms with Gasteiger partial charge in [-0.2, -0.15) is 10.2 Å². The first-order valence-corrected chi connectivity index (χ1v) is 10.9. The van der Waals surface area contributed by atoms with E-state index in [0.717, 1.165) is 11.1 Å². The van der Waals surface area contributed by atoms with Crippen LogP contribution < -0.4 is 15.0 Å². The maximum absolute atomic E-state index is 14.6. The topological polar surface area (TPSA) is 104 Å². The minimum atomic E-state index is -1.18. The van der Waals surface area contributed by atoms with Gasteiger partial charge in [0.1, 0.15) is 16.9 Å². The van der Waals surface area contributed by atoms with Crippen LogP contribution in [-0.2, 0) is 4.79 Å². The zero-order chi connectivity index (χ0) is 23.3. The van der Waals surface area contributed by atoms with Gasteiger partial charge in [-0.1, -0.05) is 17.7 Å². The van der Waals surface area contributed by atoms with Crippen molar-refractivity contribution in [3.63, 3.8) is 0 Å². The number of carbonyl (C=O) groups is 1. The lowest BCUT2D eigenvalue weighted by molar-refractivity contribution is -0.120. The number of rotatable bonds is 6. The van der Waals surface area contributed by atoms with Gasteiger partial charge in [-0.25, -0.2) is 14.4 Å². The van der Waals surface area contributed by atoms with Crippen molar-refractivity contribution in [2.75, 3.05) is 23.3 Å². The van der Waals surface area contributed by atoms with E-state index in [1.807, 2.05) is 30.9 Å². The molecule has 1 N–H and O–H groups in total. The number of nitrogens with one attached hydrogen (secondary N) is 1. The third-order valence-corrected chi connectivity index (χ3v) is 6.42. The first-order chi connectivity index (χ1) is 15.8. The summed E-state index contributed by atoms with van der Waals surface area (Å²) in [4.78, 5) is 26.1. The number of aromatic nitrogens is 3. The molecule has 2 fully saturated rings. The molecule has 0 amide bonds. The Hall–Kier alpha value is -3.51. The Balaban J connectivity index is 1.56. The van der Waals surface area contributed by atoms with E-state index in [2.05, 4.69) is 21.4 Å². The molecule has 168 valence electrons. The van der Waals surface area contributed by atoms with E-state index in [1.54, 1.807) is 12.1 Å². The maximum atomic E-state index is 14.6. The van der Waals surface area contributed by atoms with E-state index in [0.29, 0.717) is 35.5 Å². The van der Waals surface area contributed by atoms with E-state index in [9.17, 15) is 14.4 Å². The molecule has 0 radical (unpaired) electrons. The monoisotopic (exact) mass is 466 g/mol. The summed E-state index contributed by atoms with van der Waals surface area (Å²) in [5.74, 6) is 0.460. The third-order valence-electron chi connectivity index (χ3n) is 6.21. The highest BCUT2D eigenvalue weighted by atomic mass is 35.5. The first-order valence-electron chi connectivity index (χ1n) is 10.5. The lowest BCUT2D eigenvalue weighted by Gasteiger charge is -2.23. The molecule has 3 atom stereocenters. The molecule has 2 aromatic heterocycles. The van der Waals surface area contributed by atoms with Gasteiger partial charge in [-0.15, -0.1) is 0 Å². The zero-order valence-electron chi connectivity index (χ0n) is 18.0. The van der Waals surface area contributed by atoms with Crippen LogP contribution in [0.2, 0.25) is 5.15 Å². The minimum Gasteiger partial charge on any atom is -0.407 e. The summed E-state index contributed by atoms with van der Waals surface area (Å²) in [5.41, 5.74) is 2.46. The standard InChI is InChI=1S/C23H20ClFN6O2/c1-12-5-15(13(2)27-16-3-4-19(24)29-22(16)33-11-32)20-17(6-12)28-18(8-26)21(30-20)31-9-14-7-23(14,25)10-31/h3-6,11,13-14,27H,7,9-10H2,1-2H3/t13-,14?,23-/m1/s1. The number of pyridine rings is 1. The van der Waals surface area contributed by atoms with Gasteiger partial charge in [0, 0.05) is 18.0 Å². The number of carbonyl (C=O) groups excluding carboxylic acids is 1. The lowest BCUT2D eigenvalue weighted by atomic mass is 10.0. The SMILES string of the molecule is Cc1cc([C@@H](C)Nc2ccc(Cl)nc2OC=O)c2nc(N3CC4C[C@@]4(F)C3)c(C#N)nc2c1. The number of hydrogen-bond donors (Lipinski definition) is 1. The number of aryl methyl sites for hydroxylation is 1. The van der Waals surface area contributed by atoms with E-state index in [1.165, 1.54) is 0 Å². The van der Waals surface area contributed by atoms with Crippen molar-refractivity contribution >= 4 is 40.6 Å². The predicted octanol–water partition coefficient (Wildman–Crippen LogP) is 4.11. The van der Waals surface area contributed by atoms with Crippen LogP contribution in [0.3, 0.4) is 0 Å². The number of alkyl halides is 1. The normalized spacial score (nSPS) is 21.9. The number of nitriles is 1. The summed E-state index contributed by atoms with van der Waals surface area (Å²) in [5, 5.41) is 13.2. The van der Waals surface area contributed by atoms with Gasteiger partial charge < -0.3 is 15.0 Å². The summed E-state index contributed by atoms with van der Waals surface area (Å²) >= 11 is 5.93. The van der Waals surface area contributed by atoms with Gasteiger partial charge >= 0.3 is 0 Å². The van der Waals surface area contributed by atoms with Crippen LogP contribution in [0.5, 0.6) is 5.88 Å². The Morgan fingerprint density at radius 2 is 2.21 bits per heavy atom. The highest BCUT2D eigenvalue weighted by molar-refractivity contribution is 6.29. The number of piperidine rings is 1. The van der Waals surface area contributed by atoms with E-state index < -0.39 is 5.67 Å². The van der Waals surface area contributed by atoms with Crippen molar-refractivity contribution < 1.29 is 13.9 Å². The Morgan fingerprint density at radius 1 is 1.39 bits per heavy atom. The molecule has 1 aromatic carbocycles. The van der Waals surface area contributed by atoms with Gasteiger partial charge in [0.05, 0.1) is 29.3 Å². The van der Waals surface area contributed by atoms with Gasteiger partial charge in [0.2, 0.25) is 5.88 Å². The summed E-state index contributed by atoms with van der Waals surface area (Å²) in [7, 11) is 0. The number of hydrogen-bond acceptors (Lipinski definition) is 8. The van der Waals surface area contributed by atoms with Crippen LogP contribution in [0, 0.1) is 24.2 Å². The predicted molar refractivity (Wildman–Crippen MR) is 121 cm³/mol. The zero-order valence-corrected chi connectivity index (χ0v) is 18.7. The number of benzene rings is 1. The summed E-state index contributed by atoms with van der Waals surface area (Å²) < 4.78 is 19.5. The second-order valence-electron chi connectivity index (χ2n) is 8.61. The molecule has 1 saturated carbocycles. The fourth-order valence-electron chi connectivity index (χ4n) is 4.50. The van der Waals surface area contributed by atoms with Crippen LogP contribution in [-0.4, -0.2) is 40.2 Å². The van der Waals surface area contributed by atoms with E-state index in [4.69, 9.17) is 21.3 Å². The van der Waals surface area contributed by atoms with Crippen LogP contribution in [0.25, 0.3) is 11.0 Å². The summed E-state index contributed by atoms with van der Waals surface area (Å²) in [6, 6.07) is 8.93. The largest absolute Gasteiger partial charge is 0.407 e. The van der Waals surface area contributed by atoms with Crippen molar-refractivity contribution in [2.45, 2.75) is 32.0 Å². The molecule has 3 aromatic rings. The Labute approximate surface area is 194 Å². The van der Waals surface area contributed by atoms with Crippen molar-refractivity contribution in [3.8, 4) is 11.9 Å². The second kappa shape index (κ2) is 7.81. The molecule has 8 nitrogen and oxygen atoms in total. The summed E-state index contributed by atoms with van der Waals surface area (Å²) in [6.45, 7) is 4.90. The van der Waals surface area contributed by atoms with Gasteiger partial charge in [-0.3, -0.25) is 4.79 Å². The van der Waals surface area contributed by atoms with Crippen molar-refractivity contribution in [1.82, 2.24) is 15.0 Å². The molecular formula is C23H20ClFN6O2. The third kappa shape index (κ3) is 3.80. The van der Waals surface area contributed by atoms with E-state index in [-0.39, 0.29) is 41.7 Å². The molecule has 10 heteroatoms. The average Bonchev–Trinajstić information content (AvgIpc) is 3.30. The molecule has 1 aliphatic carbocycles. The second-order valence-corrected chi connectivity index (χ2v) is 9.00. The average molecular weight is 467 g/mol. The Bertz CT molecular complexity index is 1330. The van der Waals surface area contributed by atoms with Crippen LogP contribution >= 0.6 is 11.6 Å². The number of nitrogens with zero attached hydrogens (tertiary/aromatic N) is 5. The van der Waals surface area contributed by atoms with E-state index >= 15 is 0 Å². The number of anilines is 2. The van der Waals surface area contributed by atoms with Gasteiger partial charge in [-0.05, 0) is 44.0 Å². The molecule has 1 saturated heterocycles. The van der Waals surface area contributed by atoms with Crippen LogP contribution in [0.1, 0.15) is 36.2 Å². The first kappa shape index (κ1) is 21.3. The van der Waals surface area contributed by atoms with Gasteiger partial charge in [0.25, 0.3) is 6.47 Å². The Morgan fingerprint density at radius 3 is 2.91 bits per heavy atom. The smallest absolute Gasteiger partial charge is 0.299 e. The van der Waals surface area contributed by atoms with Gasteiger partial charge in [0.15, 0.2) is 11.5 Å². The number of fused-ring (bicyclic) bond motifs is 2. The molecule has 0 bridgehead atoms. The van der Waals surface area contributed by atoms with Crippen LogP contribution in [0.4, 0.5) is 15.9 Å². The minimum absolute atomic E-state index is 0.00624. The molecule has 1 unspecified atom stereocenters. The van der Waals surface area contributed by atoms with Crippen LogP contribution in [0.15, 0.2) is 24.3 Å². The molecule has 3 heterocycles. The van der Waals surface area contributed by atoms with Crippen molar-refractivity contribution in [2.24, 2.45) is 5.92 Å². The van der Waals surface area contributed by atoms with Crippen molar-refractivity contribution in [1.29, 1.82) is 5.26 Å². The molecule has 0 spiro atoms. The molecule has 33 heavy (non-hydrogen) atoms. The highest BCUT2D eigenvalue weighted by Crippen LogP contribution is 2.53. The van der Waals surface area contributed by atoms with Crippen molar-refractivity contribution in [3.05, 3.63) is 46.2 Å². The quantitative estimate of drug-likeness (QED) is 0.427. The molecular weight excluding hydrogens is 447 g/mol. The fraction of sp³-hybridized carbons (Fsp3) is 0.348. The Kier molecular flexibility index (Phi) is 5.05. The fourth-order valence-corrected chi connectivity index (χ4v) is 4.64. The highest BCUT2D eigenvalue weighted by Gasteiger charge is 2.61. The maximum Gasteiger partial charge on any atom is 0.299 e. The number of halogens is 2.